The molecule has 0 spiro atoms. The lowest BCUT2D eigenvalue weighted by Gasteiger charge is -2.32. The summed E-state index contributed by atoms with van der Waals surface area (Å²) in [6, 6.07) is 7.41. The molecule has 1 unspecified atom stereocenters. The maximum absolute atomic E-state index is 9.98. The molecular weight excluding hydrogens is 388 g/mol. The molecule has 8 heteroatoms. The molecule has 0 aliphatic carbocycles. The van der Waals surface area contributed by atoms with Gasteiger partial charge in [-0.05, 0) is 23.8 Å². The minimum absolute atomic E-state index is 0.0837. The van der Waals surface area contributed by atoms with E-state index in [1.54, 1.807) is 27.4 Å². The second kappa shape index (κ2) is 8.33. The molecule has 30 heavy (non-hydrogen) atoms. The molecule has 0 bridgehead atoms. The highest BCUT2D eigenvalue weighted by atomic mass is 16.7. The van der Waals surface area contributed by atoms with Crippen molar-refractivity contribution in [1.82, 2.24) is 5.48 Å². The Morgan fingerprint density at radius 2 is 2.00 bits per heavy atom. The van der Waals surface area contributed by atoms with Gasteiger partial charge in [-0.25, -0.2) is 0 Å². The highest BCUT2D eigenvalue weighted by molar-refractivity contribution is 5.71. The minimum Gasteiger partial charge on any atom is -0.497 e. The molecule has 2 atom stereocenters. The number of likely N-dealkylation sites (N-methyl/N-ethyl adjacent to an activating group) is 1. The summed E-state index contributed by atoms with van der Waals surface area (Å²) in [6.07, 6.45) is 2.88. The van der Waals surface area contributed by atoms with Gasteiger partial charge in [0.1, 0.15) is 17.5 Å². The van der Waals surface area contributed by atoms with Crippen LogP contribution in [0.3, 0.4) is 0 Å². The minimum atomic E-state index is -0.0837. The first-order valence-corrected chi connectivity index (χ1v) is 9.77. The molecule has 0 saturated heterocycles. The number of methoxy groups -OCH3 is 3. The van der Waals surface area contributed by atoms with Crippen molar-refractivity contribution in [3.63, 3.8) is 0 Å². The first-order valence-electron chi connectivity index (χ1n) is 9.77. The zero-order valence-electron chi connectivity index (χ0n) is 17.6. The van der Waals surface area contributed by atoms with Gasteiger partial charge < -0.3 is 28.6 Å². The predicted molar refractivity (Wildman–Crippen MR) is 110 cm³/mol. The van der Waals surface area contributed by atoms with Gasteiger partial charge in [-0.3, -0.25) is 10.7 Å². The van der Waals surface area contributed by atoms with Gasteiger partial charge in [0.2, 0.25) is 12.5 Å². The molecule has 2 aromatic rings. The van der Waals surface area contributed by atoms with Crippen LogP contribution in [0.2, 0.25) is 0 Å². The van der Waals surface area contributed by atoms with Gasteiger partial charge >= 0.3 is 0 Å². The standard InChI is InChI=1S/C22H26N2O6/c1-24-8-7-13-9-19-21(30-12-29-19)22(28-4)20(13)17(24)11-16(23-25)15-6-5-14(26-2)10-18(15)27-3/h5-6,9-11,17,23,25H,7-8,12H2,1-4H3/p+1/b16-11+/t17-/m0/s1. The second-order valence-electron chi connectivity index (χ2n) is 7.30. The Balaban J connectivity index is 1.84. The predicted octanol–water partition coefficient (Wildman–Crippen LogP) is 1.57. The van der Waals surface area contributed by atoms with Crippen LogP contribution < -0.4 is 34.1 Å². The van der Waals surface area contributed by atoms with Crippen molar-refractivity contribution < 1.29 is 33.8 Å². The lowest BCUT2D eigenvalue weighted by Crippen LogP contribution is -3.10. The van der Waals surface area contributed by atoms with Crippen molar-refractivity contribution >= 4 is 5.70 Å². The first-order chi connectivity index (χ1) is 14.6. The summed E-state index contributed by atoms with van der Waals surface area (Å²) in [7, 11) is 6.95. The fourth-order valence-corrected chi connectivity index (χ4v) is 4.16. The van der Waals surface area contributed by atoms with Gasteiger partial charge in [0.25, 0.3) is 0 Å². The summed E-state index contributed by atoms with van der Waals surface area (Å²) >= 11 is 0. The van der Waals surface area contributed by atoms with Crippen LogP contribution in [0, 0.1) is 0 Å². The number of hydrogen-bond acceptors (Lipinski definition) is 7. The van der Waals surface area contributed by atoms with E-state index in [9.17, 15) is 5.21 Å². The zero-order chi connectivity index (χ0) is 21.3. The Morgan fingerprint density at radius 3 is 2.70 bits per heavy atom. The number of fused-ring (bicyclic) bond motifs is 2. The molecule has 0 radical (unpaired) electrons. The second-order valence-corrected chi connectivity index (χ2v) is 7.30. The van der Waals surface area contributed by atoms with Crippen molar-refractivity contribution in [2.45, 2.75) is 12.5 Å². The lowest BCUT2D eigenvalue weighted by atomic mass is 9.90. The van der Waals surface area contributed by atoms with E-state index in [0.29, 0.717) is 34.4 Å². The van der Waals surface area contributed by atoms with E-state index in [2.05, 4.69) is 12.5 Å². The highest BCUT2D eigenvalue weighted by Crippen LogP contribution is 2.47. The largest absolute Gasteiger partial charge is 0.497 e. The SMILES string of the molecule is COc1ccc(/C(=C\[C@H]2c3c(cc4c(c3OC)OCO4)CC[NH+]2C)NO)c(OC)c1. The number of nitrogens with one attached hydrogen (secondary N) is 2. The normalized spacial score (nSPS) is 19.8. The monoisotopic (exact) mass is 415 g/mol. The third-order valence-electron chi connectivity index (χ3n) is 5.73. The van der Waals surface area contributed by atoms with Crippen LogP contribution in [-0.2, 0) is 6.42 Å². The molecule has 160 valence electrons. The van der Waals surface area contributed by atoms with E-state index < -0.39 is 0 Å². The Hall–Kier alpha value is -3.10. The van der Waals surface area contributed by atoms with Gasteiger partial charge in [-0.2, -0.15) is 0 Å². The number of rotatable bonds is 6. The van der Waals surface area contributed by atoms with Gasteiger partial charge in [0, 0.05) is 24.1 Å². The fraction of sp³-hybridized carbons (Fsp3) is 0.364. The summed E-state index contributed by atoms with van der Waals surface area (Å²) in [5.74, 6) is 3.29. The molecule has 0 fully saturated rings. The molecule has 2 aliphatic heterocycles. The van der Waals surface area contributed by atoms with Crippen LogP contribution in [0.4, 0.5) is 0 Å². The highest BCUT2D eigenvalue weighted by Gasteiger charge is 2.36. The number of benzene rings is 2. The lowest BCUT2D eigenvalue weighted by molar-refractivity contribution is -0.907. The molecule has 0 amide bonds. The van der Waals surface area contributed by atoms with Gasteiger partial charge in [0.15, 0.2) is 11.5 Å². The van der Waals surface area contributed by atoms with E-state index in [1.807, 2.05) is 24.3 Å². The smallest absolute Gasteiger partial charge is 0.231 e. The maximum Gasteiger partial charge on any atom is 0.231 e. The van der Waals surface area contributed by atoms with Crippen LogP contribution in [0.15, 0.2) is 30.3 Å². The van der Waals surface area contributed by atoms with Crippen molar-refractivity contribution in [1.29, 1.82) is 0 Å². The summed E-state index contributed by atoms with van der Waals surface area (Å²) in [5, 5.41) is 9.98. The van der Waals surface area contributed by atoms with E-state index in [-0.39, 0.29) is 12.8 Å². The third-order valence-corrected chi connectivity index (χ3v) is 5.73. The Bertz CT molecular complexity index is 975. The molecular formula is C22H27N2O6+. The van der Waals surface area contributed by atoms with E-state index >= 15 is 0 Å². The molecule has 3 N–H and O–H groups in total. The summed E-state index contributed by atoms with van der Waals surface area (Å²) in [5.41, 5.74) is 5.79. The summed E-state index contributed by atoms with van der Waals surface area (Å²) < 4.78 is 27.8. The Morgan fingerprint density at radius 1 is 1.17 bits per heavy atom. The van der Waals surface area contributed by atoms with Crippen LogP contribution in [-0.4, -0.2) is 46.9 Å². The van der Waals surface area contributed by atoms with E-state index in [4.69, 9.17) is 23.7 Å². The quantitative estimate of drug-likeness (QED) is 0.618. The van der Waals surface area contributed by atoms with E-state index in [1.165, 1.54) is 4.90 Å². The van der Waals surface area contributed by atoms with Crippen molar-refractivity contribution in [3.8, 4) is 28.7 Å². The van der Waals surface area contributed by atoms with Crippen LogP contribution in [0.25, 0.3) is 5.70 Å². The fourth-order valence-electron chi connectivity index (χ4n) is 4.16. The van der Waals surface area contributed by atoms with Crippen LogP contribution in [0.1, 0.15) is 22.7 Å². The van der Waals surface area contributed by atoms with Crippen molar-refractivity contribution in [2.24, 2.45) is 0 Å². The first kappa shape index (κ1) is 20.2. The average Bonchev–Trinajstić information content (AvgIpc) is 3.25. The van der Waals surface area contributed by atoms with E-state index in [0.717, 1.165) is 29.7 Å². The molecule has 2 aromatic carbocycles. The van der Waals surface area contributed by atoms with Gasteiger partial charge in [0.05, 0.1) is 46.2 Å². The van der Waals surface area contributed by atoms with Gasteiger partial charge in [-0.1, -0.05) is 0 Å². The summed E-state index contributed by atoms with van der Waals surface area (Å²) in [6.45, 7) is 1.11. The molecule has 0 saturated carbocycles. The Kier molecular flexibility index (Phi) is 5.61. The molecule has 4 rings (SSSR count). The topological polar surface area (TPSA) is 82.9 Å². The third kappa shape index (κ3) is 3.38. The Labute approximate surface area is 175 Å². The maximum atomic E-state index is 9.98. The number of hydroxylamine groups is 1. The number of ether oxygens (including phenoxy) is 5. The average molecular weight is 415 g/mol. The summed E-state index contributed by atoms with van der Waals surface area (Å²) in [4.78, 5) is 1.26. The van der Waals surface area contributed by atoms with Crippen LogP contribution in [0.5, 0.6) is 28.7 Å². The molecule has 8 nitrogen and oxygen atoms in total. The van der Waals surface area contributed by atoms with Crippen LogP contribution >= 0.6 is 0 Å². The number of hydrogen-bond donors (Lipinski definition) is 3. The number of quaternary nitrogens is 1. The zero-order valence-corrected chi connectivity index (χ0v) is 17.6. The van der Waals surface area contributed by atoms with Gasteiger partial charge in [-0.15, -0.1) is 0 Å². The van der Waals surface area contributed by atoms with Crippen molar-refractivity contribution in [3.05, 3.63) is 47.0 Å². The molecule has 2 heterocycles. The molecule has 0 aromatic heterocycles. The van der Waals surface area contributed by atoms with Crippen molar-refractivity contribution in [2.75, 3.05) is 41.7 Å². The molecule has 2 aliphatic rings.